The molecule has 1 aliphatic carbocycles. The van der Waals surface area contributed by atoms with E-state index in [4.69, 9.17) is 5.11 Å². The fourth-order valence-electron chi connectivity index (χ4n) is 2.02. The molecule has 0 aromatic carbocycles. The molecule has 1 N–H and O–H groups in total. The second kappa shape index (κ2) is 9.01. The fraction of sp³-hybridized carbons (Fsp3) is 1.00. The summed E-state index contributed by atoms with van der Waals surface area (Å²) in [6.45, 7) is 0.382. The van der Waals surface area contributed by atoms with Gasteiger partial charge < -0.3 is 5.11 Å². The zero-order chi connectivity index (χ0) is 7.94. The second-order valence-electron chi connectivity index (χ2n) is 3.72. The molecule has 0 radical (unpaired) electrons. The van der Waals surface area contributed by atoms with Crippen LogP contribution in [0.25, 0.3) is 0 Å². The van der Waals surface area contributed by atoms with Gasteiger partial charge in [-0.2, -0.15) is 0 Å². The summed E-state index contributed by atoms with van der Waals surface area (Å²) in [4.78, 5) is 0. The predicted octanol–water partition coefficient (Wildman–Crippen LogP) is 1.81. The van der Waals surface area contributed by atoms with E-state index in [2.05, 4.69) is 0 Å². The van der Waals surface area contributed by atoms with Crippen LogP contribution in [0.5, 0.6) is 0 Å². The van der Waals surface area contributed by atoms with Crippen molar-refractivity contribution < 1.29 is 5.11 Å². The first kappa shape index (κ1) is 13.4. The van der Waals surface area contributed by atoms with E-state index in [1.165, 1.54) is 44.9 Å². The Bertz CT molecular complexity index is 89.8. The number of rotatable bonds is 4. The van der Waals surface area contributed by atoms with Crippen LogP contribution in [-0.4, -0.2) is 57.2 Å². The van der Waals surface area contributed by atoms with Crippen LogP contribution in [0.1, 0.15) is 51.4 Å². The van der Waals surface area contributed by atoms with Gasteiger partial charge >= 0.3 is 45.5 Å². The molecular weight excluding hydrogens is 224 g/mol. The minimum absolute atomic E-state index is 0. The summed E-state index contributed by atoms with van der Waals surface area (Å²) in [5, 5.41) is 8.60. The zero-order valence-corrected chi connectivity index (χ0v) is 7.39. The van der Waals surface area contributed by atoms with Crippen molar-refractivity contribution in [1.82, 2.24) is 0 Å². The van der Waals surface area contributed by atoms with Gasteiger partial charge in [-0.25, -0.2) is 0 Å². The first-order valence-electron chi connectivity index (χ1n) is 5.04. The molecule has 1 aliphatic rings. The van der Waals surface area contributed by atoms with Gasteiger partial charge in [-0.05, 0) is 12.3 Å². The van der Waals surface area contributed by atoms with E-state index >= 15 is 0 Å². The summed E-state index contributed by atoms with van der Waals surface area (Å²) in [6.07, 6.45) is 10.9. The van der Waals surface area contributed by atoms with E-state index in [9.17, 15) is 0 Å². The molecule has 1 fully saturated rings. The van der Waals surface area contributed by atoms with Gasteiger partial charge in [0.05, 0.1) is 0 Å². The molecule has 0 saturated heterocycles. The molecular formula is C10H22OSr. The van der Waals surface area contributed by atoms with Crippen LogP contribution < -0.4 is 0 Å². The van der Waals surface area contributed by atoms with Crippen LogP contribution in [0.4, 0.5) is 0 Å². The van der Waals surface area contributed by atoms with Crippen molar-refractivity contribution >= 4 is 45.5 Å². The Kier molecular flexibility index (Phi) is 10.1. The third-order valence-corrected chi connectivity index (χ3v) is 2.75. The van der Waals surface area contributed by atoms with Crippen LogP contribution in [0, 0.1) is 5.92 Å². The van der Waals surface area contributed by atoms with E-state index < -0.39 is 0 Å². The van der Waals surface area contributed by atoms with Gasteiger partial charge in [-0.1, -0.05) is 44.9 Å². The summed E-state index contributed by atoms with van der Waals surface area (Å²) in [7, 11) is 0. The Morgan fingerprint density at radius 3 is 2.25 bits per heavy atom. The Hall–Kier alpha value is 1.44. The second-order valence-corrected chi connectivity index (χ2v) is 3.72. The van der Waals surface area contributed by atoms with E-state index in [0.717, 1.165) is 12.3 Å². The average Bonchev–Trinajstić information content (AvgIpc) is 2.07. The topological polar surface area (TPSA) is 20.2 Å². The van der Waals surface area contributed by atoms with Gasteiger partial charge in [0, 0.05) is 6.61 Å². The number of hydrogen-bond acceptors (Lipinski definition) is 1. The van der Waals surface area contributed by atoms with Gasteiger partial charge in [0.15, 0.2) is 0 Å². The third kappa shape index (κ3) is 5.98. The molecule has 0 bridgehead atoms. The molecule has 1 rings (SSSR count). The fourth-order valence-corrected chi connectivity index (χ4v) is 2.02. The summed E-state index contributed by atoms with van der Waals surface area (Å²) in [6, 6.07) is 0. The van der Waals surface area contributed by atoms with Gasteiger partial charge in [0.25, 0.3) is 0 Å². The number of aliphatic hydroxyl groups is 1. The standard InChI is InChI=1S/C10H20O.Sr.2H/c11-9-5-4-8-10-6-2-1-3-7-10;;;/h10-11H,1-9H2;;;. The van der Waals surface area contributed by atoms with Gasteiger partial charge in [-0.15, -0.1) is 0 Å². The molecule has 0 spiro atoms. The summed E-state index contributed by atoms with van der Waals surface area (Å²) >= 11 is 0. The molecule has 0 atom stereocenters. The van der Waals surface area contributed by atoms with Crippen LogP contribution >= 0.6 is 0 Å². The maximum atomic E-state index is 8.60. The Balaban J connectivity index is 0.00000121. The SMILES string of the molecule is OCCCCC1CCCCC1.[SrH2]. The monoisotopic (exact) mass is 246 g/mol. The summed E-state index contributed by atoms with van der Waals surface area (Å²) in [5.74, 6) is 0.996. The first-order valence-corrected chi connectivity index (χ1v) is 5.04. The van der Waals surface area contributed by atoms with Crippen molar-refractivity contribution in [3.8, 4) is 0 Å². The molecule has 1 nitrogen and oxygen atoms in total. The Labute approximate surface area is 113 Å². The Morgan fingerprint density at radius 2 is 1.67 bits per heavy atom. The quantitative estimate of drug-likeness (QED) is 0.592. The van der Waals surface area contributed by atoms with Crippen molar-refractivity contribution in [3.63, 3.8) is 0 Å². The average molecular weight is 246 g/mol. The summed E-state index contributed by atoms with van der Waals surface area (Å²) < 4.78 is 0. The molecule has 0 amide bonds. The van der Waals surface area contributed by atoms with Crippen LogP contribution in [0.3, 0.4) is 0 Å². The molecule has 0 unspecified atom stereocenters. The van der Waals surface area contributed by atoms with Crippen molar-refractivity contribution in [2.45, 2.75) is 51.4 Å². The van der Waals surface area contributed by atoms with Gasteiger partial charge in [0.1, 0.15) is 0 Å². The number of hydrogen-bond donors (Lipinski definition) is 1. The van der Waals surface area contributed by atoms with E-state index in [1.54, 1.807) is 0 Å². The third-order valence-electron chi connectivity index (χ3n) is 2.75. The van der Waals surface area contributed by atoms with Crippen LogP contribution in [-0.2, 0) is 0 Å². The normalized spacial score (nSPS) is 18.8. The summed E-state index contributed by atoms with van der Waals surface area (Å²) in [5.41, 5.74) is 0. The van der Waals surface area contributed by atoms with Crippen LogP contribution in [0.15, 0.2) is 0 Å². The van der Waals surface area contributed by atoms with Gasteiger partial charge in [-0.3, -0.25) is 0 Å². The minimum atomic E-state index is 0. The molecule has 0 aromatic rings. The molecule has 0 aliphatic heterocycles. The maximum absolute atomic E-state index is 8.60. The van der Waals surface area contributed by atoms with E-state index in [0.29, 0.717) is 6.61 Å². The van der Waals surface area contributed by atoms with Crippen LogP contribution in [0.2, 0.25) is 0 Å². The van der Waals surface area contributed by atoms with Crippen molar-refractivity contribution in [2.24, 2.45) is 5.92 Å². The molecule has 1 saturated carbocycles. The van der Waals surface area contributed by atoms with E-state index in [-0.39, 0.29) is 45.5 Å². The molecule has 0 heterocycles. The number of unbranched alkanes of at least 4 members (excludes halogenated alkanes) is 1. The van der Waals surface area contributed by atoms with Crippen molar-refractivity contribution in [1.29, 1.82) is 0 Å². The van der Waals surface area contributed by atoms with Crippen molar-refractivity contribution in [3.05, 3.63) is 0 Å². The van der Waals surface area contributed by atoms with Crippen molar-refractivity contribution in [2.75, 3.05) is 6.61 Å². The molecule has 0 aromatic heterocycles. The van der Waals surface area contributed by atoms with Gasteiger partial charge in [0.2, 0.25) is 0 Å². The molecule has 2 heteroatoms. The first-order chi connectivity index (χ1) is 5.43. The molecule has 70 valence electrons. The number of aliphatic hydroxyl groups excluding tert-OH is 1. The Morgan fingerprint density at radius 1 is 1.00 bits per heavy atom. The molecule has 12 heavy (non-hydrogen) atoms. The zero-order valence-electron chi connectivity index (χ0n) is 7.39. The van der Waals surface area contributed by atoms with E-state index in [1.807, 2.05) is 0 Å². The predicted molar refractivity (Wildman–Crippen MR) is 56.1 cm³/mol.